The highest BCUT2D eigenvalue weighted by atomic mass is 35.5. The maximum atomic E-state index is 6.51. The number of ether oxygens (including phenoxy) is 1. The van der Waals surface area contributed by atoms with E-state index in [9.17, 15) is 0 Å². The molecule has 1 spiro atoms. The molecule has 1 saturated heterocycles. The van der Waals surface area contributed by atoms with Crippen LogP contribution in [-0.2, 0) is 4.74 Å². The maximum absolute atomic E-state index is 6.51. The Bertz CT molecular complexity index is 427. The van der Waals surface area contributed by atoms with Crippen LogP contribution in [0.3, 0.4) is 0 Å². The van der Waals surface area contributed by atoms with Gasteiger partial charge < -0.3 is 10.1 Å². The van der Waals surface area contributed by atoms with Crippen molar-refractivity contribution in [2.24, 2.45) is 0 Å². The fourth-order valence-electron chi connectivity index (χ4n) is 3.39. The molecule has 1 atom stereocenters. The number of morpholine rings is 1. The lowest BCUT2D eigenvalue weighted by atomic mass is 9.91. The fourth-order valence-corrected chi connectivity index (χ4v) is 3.65. The van der Waals surface area contributed by atoms with Crippen molar-refractivity contribution in [3.05, 3.63) is 34.9 Å². The van der Waals surface area contributed by atoms with Gasteiger partial charge in [0.1, 0.15) is 0 Å². The summed E-state index contributed by atoms with van der Waals surface area (Å²) in [4.78, 5) is 0. The zero-order chi connectivity index (χ0) is 13.1. The van der Waals surface area contributed by atoms with E-state index >= 15 is 0 Å². The molecule has 0 amide bonds. The van der Waals surface area contributed by atoms with Crippen molar-refractivity contribution in [3.8, 4) is 0 Å². The quantitative estimate of drug-likeness (QED) is 0.836. The van der Waals surface area contributed by atoms with Crippen LogP contribution >= 0.6 is 11.6 Å². The molecule has 2 aliphatic rings. The van der Waals surface area contributed by atoms with Crippen LogP contribution in [0.5, 0.6) is 0 Å². The molecule has 1 N–H and O–H groups in total. The molecule has 1 aromatic carbocycles. The topological polar surface area (TPSA) is 21.3 Å². The van der Waals surface area contributed by atoms with Gasteiger partial charge in [-0.2, -0.15) is 0 Å². The van der Waals surface area contributed by atoms with E-state index in [2.05, 4.69) is 11.4 Å². The van der Waals surface area contributed by atoms with Gasteiger partial charge in [-0.05, 0) is 18.9 Å². The van der Waals surface area contributed by atoms with E-state index in [0.717, 1.165) is 23.7 Å². The average molecular weight is 280 g/mol. The Labute approximate surface area is 120 Å². The summed E-state index contributed by atoms with van der Waals surface area (Å²) in [5.74, 6) is 0. The summed E-state index contributed by atoms with van der Waals surface area (Å²) >= 11 is 6.31. The van der Waals surface area contributed by atoms with Crippen LogP contribution in [0.25, 0.3) is 0 Å². The van der Waals surface area contributed by atoms with Crippen molar-refractivity contribution in [1.29, 1.82) is 0 Å². The molecule has 0 radical (unpaired) electrons. The van der Waals surface area contributed by atoms with Crippen molar-refractivity contribution in [3.63, 3.8) is 0 Å². The fraction of sp³-hybridized carbons (Fsp3) is 0.625. The molecule has 19 heavy (non-hydrogen) atoms. The molecule has 0 aromatic heterocycles. The summed E-state index contributed by atoms with van der Waals surface area (Å²) in [6.07, 6.45) is 7.74. The van der Waals surface area contributed by atoms with Gasteiger partial charge in [0.05, 0.1) is 11.7 Å². The minimum absolute atomic E-state index is 0.0403. The SMILES string of the molecule is Clc1ccccc1C1CNCC2(CCCCCC2)O1. The van der Waals surface area contributed by atoms with Gasteiger partial charge in [0, 0.05) is 23.7 Å². The highest BCUT2D eigenvalue weighted by molar-refractivity contribution is 6.31. The molecule has 1 saturated carbocycles. The summed E-state index contributed by atoms with van der Waals surface area (Å²) in [6, 6.07) is 8.06. The number of benzene rings is 1. The van der Waals surface area contributed by atoms with Crippen molar-refractivity contribution < 1.29 is 4.74 Å². The minimum atomic E-state index is 0.0403. The average Bonchev–Trinajstić information content (AvgIpc) is 2.65. The van der Waals surface area contributed by atoms with Crippen LogP contribution in [0.2, 0.25) is 5.02 Å². The summed E-state index contributed by atoms with van der Waals surface area (Å²) < 4.78 is 6.51. The van der Waals surface area contributed by atoms with Gasteiger partial charge in [0.2, 0.25) is 0 Å². The first-order valence-electron chi connectivity index (χ1n) is 7.42. The molecule has 1 aromatic rings. The molecule has 2 fully saturated rings. The Hall–Kier alpha value is -0.570. The number of halogens is 1. The zero-order valence-corrected chi connectivity index (χ0v) is 12.1. The predicted octanol–water partition coefficient (Wildman–Crippen LogP) is 4.09. The largest absolute Gasteiger partial charge is 0.364 e. The van der Waals surface area contributed by atoms with E-state index in [-0.39, 0.29) is 11.7 Å². The lowest BCUT2D eigenvalue weighted by molar-refractivity contribution is -0.126. The molecule has 2 nitrogen and oxygen atoms in total. The minimum Gasteiger partial charge on any atom is -0.364 e. The van der Waals surface area contributed by atoms with Gasteiger partial charge >= 0.3 is 0 Å². The second-order valence-corrected chi connectivity index (χ2v) is 6.26. The van der Waals surface area contributed by atoms with E-state index < -0.39 is 0 Å². The van der Waals surface area contributed by atoms with E-state index in [1.54, 1.807) is 0 Å². The highest BCUT2D eigenvalue weighted by Gasteiger charge is 2.38. The smallest absolute Gasteiger partial charge is 0.0971 e. The van der Waals surface area contributed by atoms with Crippen LogP contribution in [0.4, 0.5) is 0 Å². The molecular formula is C16H22ClNO. The van der Waals surface area contributed by atoms with Gasteiger partial charge in [-0.3, -0.25) is 0 Å². The molecular weight excluding hydrogens is 258 g/mol. The van der Waals surface area contributed by atoms with Crippen LogP contribution in [-0.4, -0.2) is 18.7 Å². The Morgan fingerprint density at radius 3 is 2.58 bits per heavy atom. The first-order valence-corrected chi connectivity index (χ1v) is 7.80. The molecule has 3 rings (SSSR count). The van der Waals surface area contributed by atoms with Gasteiger partial charge in [-0.25, -0.2) is 0 Å². The molecule has 0 bridgehead atoms. The first kappa shape index (κ1) is 13.4. The zero-order valence-electron chi connectivity index (χ0n) is 11.3. The van der Waals surface area contributed by atoms with E-state index in [1.165, 1.54) is 38.5 Å². The van der Waals surface area contributed by atoms with Crippen LogP contribution in [0.1, 0.15) is 50.2 Å². The first-order chi connectivity index (χ1) is 9.29. The molecule has 1 heterocycles. The van der Waals surface area contributed by atoms with E-state index in [0.29, 0.717) is 0 Å². The lowest BCUT2D eigenvalue weighted by Gasteiger charge is -2.42. The standard InChI is InChI=1S/C16H22ClNO/c17-14-8-4-3-7-13(14)15-11-18-12-16(19-15)9-5-1-2-6-10-16/h3-4,7-8,15,18H,1-2,5-6,9-12H2. The molecule has 1 aliphatic carbocycles. The summed E-state index contributed by atoms with van der Waals surface area (Å²) in [6.45, 7) is 1.86. The van der Waals surface area contributed by atoms with Crippen LogP contribution in [0.15, 0.2) is 24.3 Å². The van der Waals surface area contributed by atoms with Crippen LogP contribution < -0.4 is 5.32 Å². The number of hydrogen-bond donors (Lipinski definition) is 1. The summed E-state index contributed by atoms with van der Waals surface area (Å²) in [5, 5.41) is 4.38. The van der Waals surface area contributed by atoms with Gasteiger partial charge in [-0.15, -0.1) is 0 Å². The second-order valence-electron chi connectivity index (χ2n) is 5.86. The van der Waals surface area contributed by atoms with Crippen molar-refractivity contribution in [2.45, 2.75) is 50.2 Å². The normalized spacial score (nSPS) is 27.1. The second kappa shape index (κ2) is 5.82. The number of hydrogen-bond acceptors (Lipinski definition) is 2. The van der Waals surface area contributed by atoms with Gasteiger partial charge in [-0.1, -0.05) is 55.5 Å². The van der Waals surface area contributed by atoms with E-state index in [4.69, 9.17) is 16.3 Å². The van der Waals surface area contributed by atoms with Crippen molar-refractivity contribution in [1.82, 2.24) is 5.32 Å². The molecule has 1 aliphatic heterocycles. The Balaban J connectivity index is 1.79. The monoisotopic (exact) mass is 279 g/mol. The molecule has 104 valence electrons. The number of nitrogens with one attached hydrogen (secondary N) is 1. The molecule has 1 unspecified atom stereocenters. The summed E-state index contributed by atoms with van der Waals surface area (Å²) in [5.41, 5.74) is 1.17. The lowest BCUT2D eigenvalue weighted by Crippen LogP contribution is -2.50. The van der Waals surface area contributed by atoms with Crippen molar-refractivity contribution in [2.75, 3.05) is 13.1 Å². The Kier molecular flexibility index (Phi) is 4.11. The van der Waals surface area contributed by atoms with Crippen LogP contribution in [0, 0.1) is 0 Å². The van der Waals surface area contributed by atoms with Crippen molar-refractivity contribution >= 4 is 11.6 Å². The number of rotatable bonds is 1. The third-order valence-corrected chi connectivity index (χ3v) is 4.78. The molecule has 3 heteroatoms. The van der Waals surface area contributed by atoms with Gasteiger partial charge in [0.15, 0.2) is 0 Å². The predicted molar refractivity (Wildman–Crippen MR) is 78.6 cm³/mol. The maximum Gasteiger partial charge on any atom is 0.0971 e. The highest BCUT2D eigenvalue weighted by Crippen LogP contribution is 2.38. The van der Waals surface area contributed by atoms with Gasteiger partial charge in [0.25, 0.3) is 0 Å². The summed E-state index contributed by atoms with van der Waals surface area (Å²) in [7, 11) is 0. The third-order valence-electron chi connectivity index (χ3n) is 4.44. The Morgan fingerprint density at radius 2 is 1.84 bits per heavy atom. The third kappa shape index (κ3) is 2.96. The Morgan fingerprint density at radius 1 is 1.11 bits per heavy atom. The van der Waals surface area contributed by atoms with E-state index in [1.807, 2.05) is 18.2 Å².